The van der Waals surface area contributed by atoms with Gasteiger partial charge in [0.1, 0.15) is 0 Å². The molecule has 1 saturated carbocycles. The molecule has 10 heavy (non-hydrogen) atoms. The van der Waals surface area contributed by atoms with Crippen LogP contribution < -0.4 is 5.90 Å². The maximum absolute atomic E-state index is 11.0. The monoisotopic (exact) mass is 165 g/mol. The van der Waals surface area contributed by atoms with Crippen molar-refractivity contribution in [3.05, 3.63) is 0 Å². The summed E-state index contributed by atoms with van der Waals surface area (Å²) in [6, 6.07) is 0. The molecule has 1 atom stereocenters. The lowest BCUT2D eigenvalue weighted by Gasteiger charge is -2.13. The van der Waals surface area contributed by atoms with Crippen molar-refractivity contribution in [2.24, 2.45) is 5.90 Å². The second-order valence-electron chi connectivity index (χ2n) is 2.61. The fourth-order valence-electron chi connectivity index (χ4n) is 1.32. The molecular formula is C5H12NO3P. The van der Waals surface area contributed by atoms with Crippen LogP contribution in [0.4, 0.5) is 0 Å². The minimum Gasteiger partial charge on any atom is -0.323 e. The molecule has 4 nitrogen and oxygen atoms in total. The first-order valence-corrected chi connectivity index (χ1v) is 5.02. The highest BCUT2D eigenvalue weighted by Crippen LogP contribution is 2.52. The van der Waals surface area contributed by atoms with Gasteiger partial charge in [-0.15, -0.1) is 0 Å². The fourth-order valence-corrected chi connectivity index (χ4v) is 2.51. The van der Waals surface area contributed by atoms with Crippen molar-refractivity contribution in [2.75, 3.05) is 0 Å². The standard InChI is InChI=1S/C5H12NO3P/c6-9-10(7,8)5-3-1-2-4-5/h5H,1-4,6H2,(H,7,8). The number of hydrogen-bond donors (Lipinski definition) is 2. The van der Waals surface area contributed by atoms with Crippen LogP contribution in [0.1, 0.15) is 25.7 Å². The third-order valence-electron chi connectivity index (χ3n) is 1.94. The van der Waals surface area contributed by atoms with Crippen LogP contribution in [0, 0.1) is 0 Å². The molecule has 1 rings (SSSR count). The van der Waals surface area contributed by atoms with Crippen LogP contribution in [0.15, 0.2) is 0 Å². The second-order valence-corrected chi connectivity index (χ2v) is 4.68. The van der Waals surface area contributed by atoms with Gasteiger partial charge < -0.3 is 4.89 Å². The molecule has 0 spiro atoms. The molecule has 1 fully saturated rings. The molecule has 1 aliphatic rings. The van der Waals surface area contributed by atoms with Gasteiger partial charge in [0, 0.05) is 0 Å². The summed E-state index contributed by atoms with van der Waals surface area (Å²) in [4.78, 5) is 9.03. The Balaban J connectivity index is 2.54. The van der Waals surface area contributed by atoms with Crippen LogP contribution >= 0.6 is 7.60 Å². The molecule has 0 bridgehead atoms. The van der Waals surface area contributed by atoms with E-state index in [1.165, 1.54) is 0 Å². The summed E-state index contributed by atoms with van der Waals surface area (Å²) in [5, 5.41) is 0. The van der Waals surface area contributed by atoms with Gasteiger partial charge in [-0.05, 0) is 12.8 Å². The average molecular weight is 165 g/mol. The zero-order valence-electron chi connectivity index (χ0n) is 5.69. The highest BCUT2D eigenvalue weighted by molar-refractivity contribution is 7.53. The first-order valence-electron chi connectivity index (χ1n) is 3.38. The van der Waals surface area contributed by atoms with Crippen LogP contribution in [-0.2, 0) is 9.19 Å². The average Bonchev–Trinajstić information content (AvgIpc) is 2.38. The summed E-state index contributed by atoms with van der Waals surface area (Å²) >= 11 is 0. The smallest absolute Gasteiger partial charge is 0.323 e. The Morgan fingerprint density at radius 1 is 1.50 bits per heavy atom. The molecule has 0 saturated heterocycles. The van der Waals surface area contributed by atoms with Gasteiger partial charge in [-0.25, -0.2) is 10.5 Å². The predicted octanol–water partition coefficient (Wildman–Crippen LogP) is 1.00. The number of rotatable bonds is 2. The predicted molar refractivity (Wildman–Crippen MR) is 37.4 cm³/mol. The molecule has 3 N–H and O–H groups in total. The van der Waals surface area contributed by atoms with E-state index in [0.29, 0.717) is 0 Å². The Kier molecular flexibility index (Phi) is 2.47. The normalized spacial score (nSPS) is 26.6. The number of hydrogen-bond acceptors (Lipinski definition) is 3. The lowest BCUT2D eigenvalue weighted by Crippen LogP contribution is -2.08. The van der Waals surface area contributed by atoms with Crippen LogP contribution in [-0.4, -0.2) is 10.6 Å². The maximum Gasteiger partial charge on any atom is 0.347 e. The molecule has 0 amide bonds. The molecule has 1 aliphatic carbocycles. The van der Waals surface area contributed by atoms with E-state index >= 15 is 0 Å². The Morgan fingerprint density at radius 2 is 2.00 bits per heavy atom. The van der Waals surface area contributed by atoms with E-state index in [4.69, 9.17) is 4.89 Å². The van der Waals surface area contributed by atoms with Crippen LogP contribution in [0.3, 0.4) is 0 Å². The quantitative estimate of drug-likeness (QED) is 0.473. The lowest BCUT2D eigenvalue weighted by atomic mass is 10.4. The lowest BCUT2D eigenvalue weighted by molar-refractivity contribution is 0.258. The topological polar surface area (TPSA) is 72.5 Å². The summed E-state index contributed by atoms with van der Waals surface area (Å²) in [6.45, 7) is 0. The molecule has 0 heterocycles. The van der Waals surface area contributed by atoms with Gasteiger partial charge in [-0.3, -0.25) is 4.57 Å². The molecule has 0 aliphatic heterocycles. The molecule has 60 valence electrons. The minimum absolute atomic E-state index is 0.211. The molecule has 0 aromatic carbocycles. The highest BCUT2D eigenvalue weighted by Gasteiger charge is 2.33. The van der Waals surface area contributed by atoms with E-state index in [9.17, 15) is 4.57 Å². The fraction of sp³-hybridized carbons (Fsp3) is 1.00. The van der Waals surface area contributed by atoms with Gasteiger partial charge >= 0.3 is 7.60 Å². The summed E-state index contributed by atoms with van der Waals surface area (Å²) in [6.07, 6.45) is 3.56. The Morgan fingerprint density at radius 3 is 2.40 bits per heavy atom. The summed E-state index contributed by atoms with van der Waals surface area (Å²) in [7, 11) is -3.44. The van der Waals surface area contributed by atoms with Gasteiger partial charge in [0.2, 0.25) is 0 Å². The summed E-state index contributed by atoms with van der Waals surface area (Å²) in [5.74, 6) is 4.67. The maximum atomic E-state index is 11.0. The van der Waals surface area contributed by atoms with Gasteiger partial charge in [0.15, 0.2) is 0 Å². The van der Waals surface area contributed by atoms with Gasteiger partial charge in [0.05, 0.1) is 5.66 Å². The van der Waals surface area contributed by atoms with E-state index in [-0.39, 0.29) is 5.66 Å². The van der Waals surface area contributed by atoms with E-state index in [2.05, 4.69) is 10.5 Å². The Labute approximate surface area is 59.9 Å². The van der Waals surface area contributed by atoms with E-state index in [0.717, 1.165) is 25.7 Å². The molecular weight excluding hydrogens is 153 g/mol. The van der Waals surface area contributed by atoms with Crippen molar-refractivity contribution >= 4 is 7.60 Å². The molecule has 0 radical (unpaired) electrons. The molecule has 0 aromatic heterocycles. The van der Waals surface area contributed by atoms with Crippen LogP contribution in [0.25, 0.3) is 0 Å². The van der Waals surface area contributed by atoms with Gasteiger partial charge in [-0.2, -0.15) is 0 Å². The molecule has 5 heteroatoms. The zero-order valence-corrected chi connectivity index (χ0v) is 6.59. The van der Waals surface area contributed by atoms with E-state index in [1.807, 2.05) is 0 Å². The van der Waals surface area contributed by atoms with Crippen LogP contribution in [0.2, 0.25) is 0 Å². The number of nitrogens with two attached hydrogens (primary N) is 1. The van der Waals surface area contributed by atoms with Gasteiger partial charge in [-0.1, -0.05) is 12.8 Å². The van der Waals surface area contributed by atoms with Crippen molar-refractivity contribution in [3.8, 4) is 0 Å². The minimum atomic E-state index is -3.44. The molecule has 0 aromatic rings. The third-order valence-corrected chi connectivity index (χ3v) is 3.68. The summed E-state index contributed by atoms with van der Waals surface area (Å²) < 4.78 is 15.0. The van der Waals surface area contributed by atoms with E-state index < -0.39 is 7.60 Å². The SMILES string of the molecule is NOP(=O)(O)C1CCCC1. The van der Waals surface area contributed by atoms with Crippen molar-refractivity contribution in [1.29, 1.82) is 0 Å². The van der Waals surface area contributed by atoms with Crippen molar-refractivity contribution in [3.63, 3.8) is 0 Å². The zero-order chi connectivity index (χ0) is 7.61. The first-order chi connectivity index (χ1) is 4.67. The second kappa shape index (κ2) is 3.01. The van der Waals surface area contributed by atoms with E-state index in [1.54, 1.807) is 0 Å². The Hall–Kier alpha value is 0.110. The van der Waals surface area contributed by atoms with Crippen molar-refractivity contribution in [1.82, 2.24) is 0 Å². The molecule has 1 unspecified atom stereocenters. The third kappa shape index (κ3) is 1.58. The van der Waals surface area contributed by atoms with Gasteiger partial charge in [0.25, 0.3) is 0 Å². The first kappa shape index (κ1) is 8.21. The highest BCUT2D eigenvalue weighted by atomic mass is 31.2. The largest absolute Gasteiger partial charge is 0.347 e. The summed E-state index contributed by atoms with van der Waals surface area (Å²) in [5.41, 5.74) is -0.211. The Bertz CT molecular complexity index is 155. The van der Waals surface area contributed by atoms with Crippen LogP contribution in [0.5, 0.6) is 0 Å². The van der Waals surface area contributed by atoms with Crippen molar-refractivity contribution in [2.45, 2.75) is 31.3 Å². The van der Waals surface area contributed by atoms with Crippen molar-refractivity contribution < 1.29 is 14.1 Å².